The number of nitrogens with zero attached hydrogens (tertiary/aromatic N) is 2. The molecule has 0 aliphatic carbocycles. The second-order valence-corrected chi connectivity index (χ2v) is 5.10. The van der Waals surface area contributed by atoms with Gasteiger partial charge < -0.3 is 24.3 Å². The van der Waals surface area contributed by atoms with Crippen molar-refractivity contribution in [3.05, 3.63) is 4.91 Å². The fourth-order valence-electron chi connectivity index (χ4n) is 2.12. The van der Waals surface area contributed by atoms with E-state index in [4.69, 9.17) is 18.9 Å². The standard InChI is InChI=1S/C13H19N3O9/c1-6(17)23-9-5-22-12(14-13(20)16(4)15-21)11(25-8(3)19)10(9)24-7(2)18/h9-12H,5H2,1-4H3,(H,14,20)/t9-,10+,11-,12-/m1/s1. The van der Waals surface area contributed by atoms with Crippen LogP contribution in [0.2, 0.25) is 0 Å². The van der Waals surface area contributed by atoms with Gasteiger partial charge in [-0.2, -0.15) is 5.01 Å². The molecule has 12 heteroatoms. The number of hydrogen-bond donors (Lipinski definition) is 1. The molecule has 1 heterocycles. The maximum Gasteiger partial charge on any atom is 0.342 e. The number of amides is 2. The van der Waals surface area contributed by atoms with Gasteiger partial charge in [0, 0.05) is 27.8 Å². The summed E-state index contributed by atoms with van der Waals surface area (Å²) in [6.45, 7) is 3.10. The zero-order valence-electron chi connectivity index (χ0n) is 14.1. The van der Waals surface area contributed by atoms with Crippen molar-refractivity contribution in [2.75, 3.05) is 13.7 Å². The zero-order valence-corrected chi connectivity index (χ0v) is 14.1. The quantitative estimate of drug-likeness (QED) is 0.295. The van der Waals surface area contributed by atoms with Gasteiger partial charge in [-0.1, -0.05) is 0 Å². The summed E-state index contributed by atoms with van der Waals surface area (Å²) in [4.78, 5) is 56.1. The third kappa shape index (κ3) is 5.99. The SMILES string of the molecule is CC(=O)O[C@@H]1[C@@H](OC(C)=O)[C@H](OC(C)=O)CO[C@H]1NC(=O)N(C)N=O. The average molecular weight is 361 g/mol. The molecule has 1 saturated heterocycles. The van der Waals surface area contributed by atoms with Crippen LogP contribution >= 0.6 is 0 Å². The second-order valence-electron chi connectivity index (χ2n) is 5.10. The summed E-state index contributed by atoms with van der Waals surface area (Å²) in [6, 6.07) is -0.940. The Balaban J connectivity index is 3.06. The van der Waals surface area contributed by atoms with E-state index < -0.39 is 48.5 Å². The second kappa shape index (κ2) is 8.92. The molecule has 0 aromatic heterocycles. The Morgan fingerprint density at radius 1 is 1.00 bits per heavy atom. The third-order valence-corrected chi connectivity index (χ3v) is 3.03. The first-order valence-electron chi connectivity index (χ1n) is 7.16. The van der Waals surface area contributed by atoms with Gasteiger partial charge in [0.1, 0.15) is 0 Å². The molecule has 0 radical (unpaired) electrons. The van der Waals surface area contributed by atoms with Crippen molar-refractivity contribution >= 4 is 23.9 Å². The lowest BCUT2D eigenvalue weighted by Crippen LogP contribution is -2.62. The van der Waals surface area contributed by atoms with Gasteiger partial charge in [0.2, 0.25) is 0 Å². The Morgan fingerprint density at radius 3 is 2.00 bits per heavy atom. The first-order valence-corrected chi connectivity index (χ1v) is 7.16. The predicted octanol–water partition coefficient (Wildman–Crippen LogP) is -0.539. The lowest BCUT2D eigenvalue weighted by atomic mass is 10.0. The number of urea groups is 1. The highest BCUT2D eigenvalue weighted by Crippen LogP contribution is 2.23. The molecule has 0 spiro atoms. The Morgan fingerprint density at radius 2 is 1.52 bits per heavy atom. The predicted molar refractivity (Wildman–Crippen MR) is 78.5 cm³/mol. The van der Waals surface area contributed by atoms with Crippen molar-refractivity contribution in [3.8, 4) is 0 Å². The van der Waals surface area contributed by atoms with E-state index in [0.29, 0.717) is 5.01 Å². The molecule has 1 aliphatic rings. The fraction of sp³-hybridized carbons (Fsp3) is 0.692. The molecule has 1 N–H and O–H groups in total. The number of carbonyl (C=O) groups is 4. The minimum absolute atomic E-state index is 0.252. The number of esters is 3. The summed E-state index contributed by atoms with van der Waals surface area (Å²) >= 11 is 0. The molecule has 0 aromatic carbocycles. The molecular formula is C13H19N3O9. The van der Waals surface area contributed by atoms with E-state index in [1.807, 2.05) is 0 Å². The first kappa shape index (κ1) is 20.3. The van der Waals surface area contributed by atoms with Crippen LogP contribution in [0.25, 0.3) is 0 Å². The van der Waals surface area contributed by atoms with E-state index in [0.717, 1.165) is 27.8 Å². The van der Waals surface area contributed by atoms with E-state index in [1.165, 1.54) is 0 Å². The van der Waals surface area contributed by atoms with E-state index in [1.54, 1.807) is 0 Å². The number of carbonyl (C=O) groups excluding carboxylic acids is 4. The Hall–Kier alpha value is -2.76. The van der Waals surface area contributed by atoms with Gasteiger partial charge in [-0.15, -0.1) is 4.91 Å². The van der Waals surface area contributed by atoms with Crippen LogP contribution in [0.15, 0.2) is 5.29 Å². The summed E-state index contributed by atoms with van der Waals surface area (Å²) in [5.41, 5.74) is 0. The highest BCUT2D eigenvalue weighted by molar-refractivity contribution is 5.74. The molecule has 0 unspecified atom stereocenters. The molecule has 0 saturated carbocycles. The fourth-order valence-corrected chi connectivity index (χ4v) is 2.12. The van der Waals surface area contributed by atoms with Crippen LogP contribution in [-0.2, 0) is 33.3 Å². The van der Waals surface area contributed by atoms with Gasteiger partial charge in [0.15, 0.2) is 24.5 Å². The van der Waals surface area contributed by atoms with Crippen LogP contribution in [0.3, 0.4) is 0 Å². The number of nitrogens with one attached hydrogen (secondary N) is 1. The van der Waals surface area contributed by atoms with Crippen molar-refractivity contribution < 1.29 is 38.1 Å². The maximum absolute atomic E-state index is 11.8. The van der Waals surface area contributed by atoms with Gasteiger partial charge in [0.25, 0.3) is 0 Å². The Labute approximate surface area is 142 Å². The number of nitroso groups, excluding NO2 is 1. The van der Waals surface area contributed by atoms with Crippen molar-refractivity contribution in [2.24, 2.45) is 5.29 Å². The summed E-state index contributed by atoms with van der Waals surface area (Å²) in [5, 5.41) is 5.13. The lowest BCUT2D eigenvalue weighted by molar-refractivity contribution is -0.228. The Kier molecular flexibility index (Phi) is 7.23. The van der Waals surface area contributed by atoms with E-state index in [2.05, 4.69) is 10.6 Å². The van der Waals surface area contributed by atoms with Crippen LogP contribution in [0.1, 0.15) is 20.8 Å². The van der Waals surface area contributed by atoms with Crippen molar-refractivity contribution in [1.82, 2.24) is 10.3 Å². The molecule has 0 aromatic rings. The van der Waals surface area contributed by atoms with Gasteiger partial charge in [0.05, 0.1) is 11.9 Å². The van der Waals surface area contributed by atoms with Crippen LogP contribution in [-0.4, -0.2) is 67.1 Å². The molecule has 1 fully saturated rings. The summed E-state index contributed by atoms with van der Waals surface area (Å²) in [7, 11) is 1.09. The highest BCUT2D eigenvalue weighted by Gasteiger charge is 2.47. The molecule has 12 nitrogen and oxygen atoms in total. The van der Waals surface area contributed by atoms with Crippen LogP contribution in [0.5, 0.6) is 0 Å². The van der Waals surface area contributed by atoms with Crippen LogP contribution in [0.4, 0.5) is 4.79 Å². The molecule has 140 valence electrons. The number of ether oxygens (including phenoxy) is 4. The van der Waals surface area contributed by atoms with Crippen LogP contribution < -0.4 is 5.32 Å². The van der Waals surface area contributed by atoms with Gasteiger partial charge in [-0.05, 0) is 0 Å². The molecule has 4 atom stereocenters. The van der Waals surface area contributed by atoms with Crippen molar-refractivity contribution in [2.45, 2.75) is 45.3 Å². The maximum atomic E-state index is 11.8. The largest absolute Gasteiger partial charge is 0.456 e. The average Bonchev–Trinajstić information content (AvgIpc) is 2.50. The zero-order chi connectivity index (χ0) is 19.1. The molecular weight excluding hydrogens is 342 g/mol. The van der Waals surface area contributed by atoms with Gasteiger partial charge in [-0.25, -0.2) is 4.79 Å². The van der Waals surface area contributed by atoms with E-state index in [9.17, 15) is 24.1 Å². The molecule has 1 aliphatic heterocycles. The summed E-state index contributed by atoms with van der Waals surface area (Å²) in [5.74, 6) is -2.15. The number of hydrogen-bond acceptors (Lipinski definition) is 10. The van der Waals surface area contributed by atoms with Gasteiger partial charge >= 0.3 is 23.9 Å². The lowest BCUT2D eigenvalue weighted by Gasteiger charge is -2.40. The molecule has 0 bridgehead atoms. The Bertz CT molecular complexity index is 553. The normalized spacial score (nSPS) is 25.3. The third-order valence-electron chi connectivity index (χ3n) is 3.03. The topological polar surface area (TPSA) is 150 Å². The first-order chi connectivity index (χ1) is 11.6. The minimum atomic E-state index is -1.32. The highest BCUT2D eigenvalue weighted by atomic mass is 16.6. The minimum Gasteiger partial charge on any atom is -0.456 e. The molecule has 2 amide bonds. The van der Waals surface area contributed by atoms with Crippen LogP contribution in [0, 0.1) is 4.91 Å². The van der Waals surface area contributed by atoms with E-state index >= 15 is 0 Å². The smallest absolute Gasteiger partial charge is 0.342 e. The number of rotatable bonds is 5. The van der Waals surface area contributed by atoms with Crippen molar-refractivity contribution in [1.29, 1.82) is 0 Å². The molecule has 25 heavy (non-hydrogen) atoms. The van der Waals surface area contributed by atoms with E-state index in [-0.39, 0.29) is 6.61 Å². The molecule has 1 rings (SSSR count). The monoisotopic (exact) mass is 361 g/mol. The summed E-state index contributed by atoms with van der Waals surface area (Å²) < 4.78 is 20.5. The van der Waals surface area contributed by atoms with Crippen molar-refractivity contribution in [3.63, 3.8) is 0 Å². The van der Waals surface area contributed by atoms with Gasteiger partial charge in [-0.3, -0.25) is 14.4 Å². The summed E-state index contributed by atoms with van der Waals surface area (Å²) in [6.07, 6.45) is -4.86.